The molecule has 0 unspecified atom stereocenters. The molecule has 8 nitrogen and oxygen atoms in total. The summed E-state index contributed by atoms with van der Waals surface area (Å²) in [6, 6.07) is 12.7. The van der Waals surface area contributed by atoms with Crippen LogP contribution in [-0.4, -0.2) is 57.1 Å². The molecule has 9 heteroatoms. The Morgan fingerprint density at radius 3 is 2.25 bits per heavy atom. The van der Waals surface area contributed by atoms with Crippen molar-refractivity contribution < 1.29 is 4.79 Å². The Bertz CT molecular complexity index is 947. The fraction of sp³-hybridized carbons (Fsp3) is 0.263. The highest BCUT2D eigenvalue weighted by molar-refractivity contribution is 6.30. The number of anilines is 2. The highest BCUT2D eigenvalue weighted by Gasteiger charge is 2.22. The molecule has 2 amide bonds. The van der Waals surface area contributed by atoms with Crippen molar-refractivity contribution in [1.82, 2.24) is 24.9 Å². The second-order valence-corrected chi connectivity index (χ2v) is 7.00. The normalized spacial score (nSPS) is 14.2. The number of hydrogen-bond donors (Lipinski definition) is 1. The molecule has 0 aliphatic carbocycles. The Balaban J connectivity index is 1.33. The fourth-order valence-electron chi connectivity index (χ4n) is 3.03. The zero-order valence-corrected chi connectivity index (χ0v) is 16.2. The van der Waals surface area contributed by atoms with Crippen LogP contribution < -0.4 is 10.2 Å². The molecule has 4 rings (SSSR count). The highest BCUT2D eigenvalue weighted by atomic mass is 35.5. The van der Waals surface area contributed by atoms with E-state index in [9.17, 15) is 4.79 Å². The van der Waals surface area contributed by atoms with Crippen LogP contribution in [0.3, 0.4) is 0 Å². The van der Waals surface area contributed by atoms with Gasteiger partial charge in [0, 0.05) is 43.1 Å². The number of aromatic nitrogens is 4. The Morgan fingerprint density at radius 1 is 0.964 bits per heavy atom. The van der Waals surface area contributed by atoms with Crippen LogP contribution in [0.1, 0.15) is 5.69 Å². The molecule has 1 N–H and O–H groups in total. The third kappa shape index (κ3) is 4.07. The van der Waals surface area contributed by atoms with Gasteiger partial charge < -0.3 is 15.1 Å². The van der Waals surface area contributed by atoms with Crippen LogP contribution in [0.25, 0.3) is 5.82 Å². The lowest BCUT2D eigenvalue weighted by molar-refractivity contribution is 0.208. The largest absolute Gasteiger partial charge is 0.352 e. The first kappa shape index (κ1) is 18.2. The minimum atomic E-state index is -0.113. The van der Waals surface area contributed by atoms with Crippen molar-refractivity contribution >= 4 is 29.1 Å². The fourth-order valence-corrected chi connectivity index (χ4v) is 3.15. The van der Waals surface area contributed by atoms with E-state index >= 15 is 0 Å². The van der Waals surface area contributed by atoms with Crippen LogP contribution in [0, 0.1) is 6.92 Å². The number of halogens is 1. The van der Waals surface area contributed by atoms with Crippen LogP contribution in [-0.2, 0) is 0 Å². The predicted octanol–water partition coefficient (Wildman–Crippen LogP) is 2.98. The van der Waals surface area contributed by atoms with E-state index in [4.69, 9.17) is 11.6 Å². The Labute approximate surface area is 167 Å². The van der Waals surface area contributed by atoms with Crippen molar-refractivity contribution in [3.63, 3.8) is 0 Å². The molecule has 3 aromatic rings. The molecule has 2 aromatic heterocycles. The monoisotopic (exact) mass is 397 g/mol. The lowest BCUT2D eigenvalue weighted by Gasteiger charge is -2.35. The number of nitrogens with zero attached hydrogens (tertiary/aromatic N) is 6. The van der Waals surface area contributed by atoms with E-state index < -0.39 is 0 Å². The van der Waals surface area contributed by atoms with E-state index in [0.29, 0.717) is 37.0 Å². The van der Waals surface area contributed by atoms with E-state index in [0.717, 1.165) is 17.2 Å². The van der Waals surface area contributed by atoms with E-state index in [1.165, 1.54) is 0 Å². The molecule has 144 valence electrons. The summed E-state index contributed by atoms with van der Waals surface area (Å²) in [4.78, 5) is 16.3. The van der Waals surface area contributed by atoms with Gasteiger partial charge in [0.2, 0.25) is 0 Å². The minimum Gasteiger partial charge on any atom is -0.352 e. The van der Waals surface area contributed by atoms with E-state index in [1.807, 2.05) is 31.3 Å². The Morgan fingerprint density at radius 2 is 1.64 bits per heavy atom. The lowest BCUT2D eigenvalue weighted by atomic mass is 10.3. The maximum atomic E-state index is 12.4. The number of benzene rings is 1. The first-order chi connectivity index (χ1) is 13.6. The van der Waals surface area contributed by atoms with Crippen LogP contribution >= 0.6 is 11.6 Å². The number of amides is 2. The number of rotatable bonds is 3. The first-order valence-corrected chi connectivity index (χ1v) is 9.39. The van der Waals surface area contributed by atoms with Gasteiger partial charge in [-0.25, -0.2) is 9.48 Å². The van der Waals surface area contributed by atoms with Crippen LogP contribution in [0.15, 0.2) is 48.7 Å². The Kier molecular flexibility index (Phi) is 5.12. The molecule has 1 aliphatic heterocycles. The average Bonchev–Trinajstić information content (AvgIpc) is 3.16. The second-order valence-electron chi connectivity index (χ2n) is 6.56. The van der Waals surface area contributed by atoms with Crippen molar-refractivity contribution in [2.75, 3.05) is 36.4 Å². The molecule has 3 heterocycles. The number of carbonyl (C=O) groups is 1. The van der Waals surface area contributed by atoms with Gasteiger partial charge in [-0.2, -0.15) is 5.10 Å². The highest BCUT2D eigenvalue weighted by Crippen LogP contribution is 2.17. The van der Waals surface area contributed by atoms with Gasteiger partial charge in [-0.15, -0.1) is 10.2 Å². The molecule has 0 atom stereocenters. The van der Waals surface area contributed by atoms with Crippen molar-refractivity contribution in [3.8, 4) is 5.82 Å². The summed E-state index contributed by atoms with van der Waals surface area (Å²) in [5.74, 6) is 1.48. The second kappa shape index (κ2) is 7.85. The van der Waals surface area contributed by atoms with E-state index in [2.05, 4.69) is 25.5 Å². The molecular weight excluding hydrogens is 378 g/mol. The summed E-state index contributed by atoms with van der Waals surface area (Å²) < 4.78 is 1.70. The molecule has 0 spiro atoms. The zero-order chi connectivity index (χ0) is 19.5. The van der Waals surface area contributed by atoms with Crippen molar-refractivity contribution in [1.29, 1.82) is 0 Å². The summed E-state index contributed by atoms with van der Waals surface area (Å²) in [6.07, 6.45) is 1.86. The van der Waals surface area contributed by atoms with E-state index in [-0.39, 0.29) is 6.03 Å². The smallest absolute Gasteiger partial charge is 0.321 e. The lowest BCUT2D eigenvalue weighted by Crippen LogP contribution is -2.50. The molecule has 1 aromatic carbocycles. The summed E-state index contributed by atoms with van der Waals surface area (Å²) in [5, 5.41) is 16.4. The van der Waals surface area contributed by atoms with Gasteiger partial charge in [0.1, 0.15) is 0 Å². The summed E-state index contributed by atoms with van der Waals surface area (Å²) in [5.41, 5.74) is 1.66. The van der Waals surface area contributed by atoms with Gasteiger partial charge in [0.15, 0.2) is 11.6 Å². The number of carbonyl (C=O) groups excluding carboxylic acids is 1. The molecular formula is C19H20ClN7O. The topological polar surface area (TPSA) is 79.2 Å². The van der Waals surface area contributed by atoms with Gasteiger partial charge >= 0.3 is 6.03 Å². The number of hydrogen-bond acceptors (Lipinski definition) is 5. The molecule has 0 radical (unpaired) electrons. The summed E-state index contributed by atoms with van der Waals surface area (Å²) in [7, 11) is 0. The molecule has 0 bridgehead atoms. The number of aryl methyl sites for hydroxylation is 1. The van der Waals surface area contributed by atoms with Crippen LogP contribution in [0.4, 0.5) is 16.3 Å². The third-order valence-corrected chi connectivity index (χ3v) is 4.83. The standard InChI is InChI=1S/C19H20ClN7O/c1-14-8-9-27(24-14)18-7-6-17(22-23-18)25-10-12-26(13-11-25)19(28)21-16-4-2-15(20)3-5-16/h2-9H,10-13H2,1H3,(H,21,28). The molecule has 28 heavy (non-hydrogen) atoms. The minimum absolute atomic E-state index is 0.113. The zero-order valence-electron chi connectivity index (χ0n) is 15.4. The number of nitrogens with one attached hydrogen (secondary N) is 1. The number of piperazine rings is 1. The van der Waals surface area contributed by atoms with Crippen molar-refractivity contribution in [2.45, 2.75) is 6.92 Å². The molecule has 1 saturated heterocycles. The van der Waals surface area contributed by atoms with Gasteiger partial charge in [-0.05, 0) is 49.4 Å². The van der Waals surface area contributed by atoms with Gasteiger partial charge in [0.25, 0.3) is 0 Å². The summed E-state index contributed by atoms with van der Waals surface area (Å²) >= 11 is 5.87. The predicted molar refractivity (Wildman–Crippen MR) is 108 cm³/mol. The maximum Gasteiger partial charge on any atom is 0.321 e. The van der Waals surface area contributed by atoms with Gasteiger partial charge in [-0.1, -0.05) is 11.6 Å². The Hall–Kier alpha value is -3.13. The maximum absolute atomic E-state index is 12.4. The SMILES string of the molecule is Cc1ccn(-c2ccc(N3CCN(C(=O)Nc4ccc(Cl)cc4)CC3)nn2)n1. The van der Waals surface area contributed by atoms with Crippen LogP contribution in [0.2, 0.25) is 5.02 Å². The van der Waals surface area contributed by atoms with Gasteiger partial charge in [0.05, 0.1) is 5.69 Å². The molecule has 1 aliphatic rings. The van der Waals surface area contributed by atoms with Crippen molar-refractivity contribution in [2.24, 2.45) is 0 Å². The van der Waals surface area contributed by atoms with E-state index in [1.54, 1.807) is 33.8 Å². The van der Waals surface area contributed by atoms with Crippen LogP contribution in [0.5, 0.6) is 0 Å². The molecule has 1 fully saturated rings. The molecule has 0 saturated carbocycles. The number of urea groups is 1. The average molecular weight is 398 g/mol. The quantitative estimate of drug-likeness (QED) is 0.735. The van der Waals surface area contributed by atoms with Gasteiger partial charge in [-0.3, -0.25) is 0 Å². The summed E-state index contributed by atoms with van der Waals surface area (Å²) in [6.45, 7) is 4.55. The first-order valence-electron chi connectivity index (χ1n) is 9.01. The third-order valence-electron chi connectivity index (χ3n) is 4.58. The van der Waals surface area contributed by atoms with Crippen molar-refractivity contribution in [3.05, 3.63) is 59.4 Å².